The van der Waals surface area contributed by atoms with Gasteiger partial charge in [-0.05, 0) is 58.1 Å². The van der Waals surface area contributed by atoms with Crippen molar-refractivity contribution in [3.63, 3.8) is 0 Å². The molecule has 0 unspecified atom stereocenters. The number of nitrogens with zero attached hydrogens (tertiary/aromatic N) is 1. The summed E-state index contributed by atoms with van der Waals surface area (Å²) in [4.78, 5) is 2.10. The largest absolute Gasteiger partial charge is 0.494 e. The molecule has 5 heteroatoms. The molecule has 2 aliphatic rings. The third-order valence-electron chi connectivity index (χ3n) is 4.94. The number of hydrogen-bond acceptors (Lipinski definition) is 3. The van der Waals surface area contributed by atoms with Crippen molar-refractivity contribution in [2.45, 2.75) is 51.7 Å². The summed E-state index contributed by atoms with van der Waals surface area (Å²) >= 11 is 0. The van der Waals surface area contributed by atoms with E-state index in [1.54, 1.807) is 6.07 Å². The molecule has 114 valence electrons. The number of anilines is 1. The lowest BCUT2D eigenvalue weighted by Crippen LogP contribution is -2.41. The highest BCUT2D eigenvalue weighted by molar-refractivity contribution is 6.62. The summed E-state index contributed by atoms with van der Waals surface area (Å²) in [6.45, 7) is 9.88. The minimum atomic E-state index is -0.503. The fourth-order valence-corrected chi connectivity index (χ4v) is 2.86. The molecule has 21 heavy (non-hydrogen) atoms. The van der Waals surface area contributed by atoms with Gasteiger partial charge in [0.1, 0.15) is 5.82 Å². The van der Waals surface area contributed by atoms with Gasteiger partial charge in [-0.25, -0.2) is 4.39 Å². The number of rotatable bonds is 2. The lowest BCUT2D eigenvalue weighted by molar-refractivity contribution is 0.00578. The smallest absolute Gasteiger partial charge is 0.399 e. The first-order valence-electron chi connectivity index (χ1n) is 7.70. The van der Waals surface area contributed by atoms with Crippen molar-refractivity contribution >= 4 is 18.3 Å². The van der Waals surface area contributed by atoms with Crippen LogP contribution in [0.3, 0.4) is 0 Å². The maximum atomic E-state index is 14.4. The minimum Gasteiger partial charge on any atom is -0.399 e. The summed E-state index contributed by atoms with van der Waals surface area (Å²) in [6.07, 6.45) is 2.27. The Hall–Kier alpha value is -1.07. The number of benzene rings is 1. The Morgan fingerprint density at radius 3 is 2.14 bits per heavy atom. The van der Waals surface area contributed by atoms with Crippen LogP contribution in [0.5, 0.6) is 0 Å². The van der Waals surface area contributed by atoms with Gasteiger partial charge in [0.05, 0.1) is 16.9 Å². The van der Waals surface area contributed by atoms with Crippen LogP contribution >= 0.6 is 0 Å². The molecule has 3 nitrogen and oxygen atoms in total. The van der Waals surface area contributed by atoms with Gasteiger partial charge in [-0.2, -0.15) is 0 Å². The average molecular weight is 291 g/mol. The van der Waals surface area contributed by atoms with Crippen molar-refractivity contribution < 1.29 is 13.7 Å². The van der Waals surface area contributed by atoms with E-state index < -0.39 is 18.3 Å². The third-order valence-corrected chi connectivity index (χ3v) is 4.94. The highest BCUT2D eigenvalue weighted by Crippen LogP contribution is 2.36. The Kier molecular flexibility index (Phi) is 3.53. The van der Waals surface area contributed by atoms with E-state index in [4.69, 9.17) is 9.31 Å². The molecule has 0 bridgehead atoms. The SMILES string of the molecule is CC1(C)OB(c2ccc(N3CCCC3)c(F)c2)OC1(C)C. The molecule has 1 aromatic rings. The van der Waals surface area contributed by atoms with Crippen molar-refractivity contribution in [2.24, 2.45) is 0 Å². The second kappa shape index (κ2) is 4.99. The lowest BCUT2D eigenvalue weighted by atomic mass is 9.79. The van der Waals surface area contributed by atoms with Gasteiger partial charge in [-0.3, -0.25) is 0 Å². The van der Waals surface area contributed by atoms with Gasteiger partial charge in [0.15, 0.2) is 0 Å². The van der Waals surface area contributed by atoms with Crippen LogP contribution in [0.2, 0.25) is 0 Å². The van der Waals surface area contributed by atoms with Crippen molar-refractivity contribution in [2.75, 3.05) is 18.0 Å². The maximum Gasteiger partial charge on any atom is 0.494 e. The first-order valence-corrected chi connectivity index (χ1v) is 7.70. The van der Waals surface area contributed by atoms with E-state index >= 15 is 0 Å². The van der Waals surface area contributed by atoms with Crippen molar-refractivity contribution in [1.82, 2.24) is 0 Å². The molecule has 3 rings (SSSR count). The predicted molar refractivity (Wildman–Crippen MR) is 83.6 cm³/mol. The fraction of sp³-hybridized carbons (Fsp3) is 0.625. The standard InChI is InChI=1S/C16H23BFNO2/c1-15(2)16(3,4)21-17(20-15)12-7-8-14(13(18)11-12)19-9-5-6-10-19/h7-8,11H,5-6,9-10H2,1-4H3. The first kappa shape index (κ1) is 14.9. The predicted octanol–water partition coefficient (Wildman–Crippen LogP) is 2.73. The van der Waals surface area contributed by atoms with Crippen molar-refractivity contribution in [3.05, 3.63) is 24.0 Å². The highest BCUT2D eigenvalue weighted by atomic mass is 19.1. The fourth-order valence-electron chi connectivity index (χ4n) is 2.86. The van der Waals surface area contributed by atoms with Gasteiger partial charge in [-0.15, -0.1) is 0 Å². The topological polar surface area (TPSA) is 21.7 Å². The molecule has 2 fully saturated rings. The monoisotopic (exact) mass is 291 g/mol. The maximum absolute atomic E-state index is 14.4. The van der Waals surface area contributed by atoms with Crippen molar-refractivity contribution in [1.29, 1.82) is 0 Å². The summed E-state index contributed by atoms with van der Waals surface area (Å²) in [5.74, 6) is -0.191. The van der Waals surface area contributed by atoms with Crippen molar-refractivity contribution in [3.8, 4) is 0 Å². The second-order valence-electron chi connectivity index (χ2n) is 6.99. The molecule has 0 saturated carbocycles. The van der Waals surface area contributed by atoms with Gasteiger partial charge in [0.2, 0.25) is 0 Å². The number of halogens is 1. The summed E-state index contributed by atoms with van der Waals surface area (Å²) < 4.78 is 26.3. The van der Waals surface area contributed by atoms with Gasteiger partial charge in [-0.1, -0.05) is 6.07 Å². The minimum absolute atomic E-state index is 0.191. The highest BCUT2D eigenvalue weighted by Gasteiger charge is 2.51. The Labute approximate surface area is 126 Å². The quantitative estimate of drug-likeness (QED) is 0.782. The summed E-state index contributed by atoms with van der Waals surface area (Å²) in [7, 11) is -0.503. The van der Waals surface area contributed by atoms with E-state index in [9.17, 15) is 4.39 Å². The second-order valence-corrected chi connectivity index (χ2v) is 6.99. The normalized spacial score (nSPS) is 23.9. The third kappa shape index (κ3) is 2.57. The molecule has 0 amide bonds. The van der Waals surface area contributed by atoms with Gasteiger partial charge in [0, 0.05) is 13.1 Å². The zero-order valence-electron chi connectivity index (χ0n) is 13.3. The van der Waals surface area contributed by atoms with Gasteiger partial charge >= 0.3 is 7.12 Å². The van der Waals surface area contributed by atoms with Crippen LogP contribution < -0.4 is 10.4 Å². The average Bonchev–Trinajstić information content (AvgIpc) is 2.96. The zero-order valence-corrected chi connectivity index (χ0v) is 13.3. The van der Waals surface area contributed by atoms with Crippen LogP contribution in [-0.2, 0) is 9.31 Å². The van der Waals surface area contributed by atoms with Crippen LogP contribution in [-0.4, -0.2) is 31.4 Å². The van der Waals surface area contributed by atoms with E-state index in [-0.39, 0.29) is 5.82 Å². The molecule has 1 aromatic carbocycles. The molecule has 0 atom stereocenters. The Morgan fingerprint density at radius 1 is 1.05 bits per heavy atom. The Balaban J connectivity index is 1.83. The molecular weight excluding hydrogens is 268 g/mol. The Morgan fingerprint density at radius 2 is 1.62 bits per heavy atom. The summed E-state index contributed by atoms with van der Waals surface area (Å²) in [5, 5.41) is 0. The molecule has 2 saturated heterocycles. The van der Waals surface area contributed by atoms with E-state index in [0.29, 0.717) is 5.69 Å². The van der Waals surface area contributed by atoms with E-state index in [0.717, 1.165) is 31.4 Å². The van der Waals surface area contributed by atoms with E-state index in [1.165, 1.54) is 0 Å². The Bertz CT molecular complexity index is 525. The zero-order chi connectivity index (χ0) is 15.3. The molecular formula is C16H23BFNO2. The van der Waals surface area contributed by atoms with Gasteiger partial charge < -0.3 is 14.2 Å². The molecule has 2 aliphatic heterocycles. The summed E-state index contributed by atoms with van der Waals surface area (Å²) in [6, 6.07) is 5.32. The molecule has 0 aromatic heterocycles. The molecule has 2 heterocycles. The van der Waals surface area contributed by atoms with E-state index in [2.05, 4.69) is 4.90 Å². The van der Waals surface area contributed by atoms with Crippen LogP contribution in [0.25, 0.3) is 0 Å². The first-order chi connectivity index (χ1) is 9.80. The van der Waals surface area contributed by atoms with E-state index in [1.807, 2.05) is 39.8 Å². The van der Waals surface area contributed by atoms with Crippen LogP contribution in [0, 0.1) is 5.82 Å². The summed E-state index contributed by atoms with van der Waals surface area (Å²) in [5.41, 5.74) is 0.630. The molecule has 0 radical (unpaired) electrons. The molecule has 0 N–H and O–H groups in total. The molecule has 0 spiro atoms. The van der Waals surface area contributed by atoms with Crippen LogP contribution in [0.15, 0.2) is 18.2 Å². The number of hydrogen-bond donors (Lipinski definition) is 0. The van der Waals surface area contributed by atoms with Gasteiger partial charge in [0.25, 0.3) is 0 Å². The van der Waals surface area contributed by atoms with Crippen LogP contribution in [0.1, 0.15) is 40.5 Å². The molecule has 0 aliphatic carbocycles. The lowest BCUT2D eigenvalue weighted by Gasteiger charge is -2.32. The van der Waals surface area contributed by atoms with Crippen LogP contribution in [0.4, 0.5) is 10.1 Å².